The molecule has 0 N–H and O–H groups in total. The highest BCUT2D eigenvalue weighted by Crippen LogP contribution is 2.35. The first-order valence-corrected chi connectivity index (χ1v) is 9.96. The Hall–Kier alpha value is -3.15. The number of carbonyl (C=O) groups excluding carboxylic acids is 2. The molecule has 5 nitrogen and oxygen atoms in total. The Kier molecular flexibility index (Phi) is 5.60. The summed E-state index contributed by atoms with van der Waals surface area (Å²) in [6, 6.07) is 13.3. The number of fused-ring (bicyclic) bond motifs is 1. The molecule has 2 aliphatic rings. The summed E-state index contributed by atoms with van der Waals surface area (Å²) in [5.74, 6) is -0.504. The van der Waals surface area contributed by atoms with Gasteiger partial charge in [-0.1, -0.05) is 43.2 Å². The molecular formula is C23H23FN2O3. The minimum Gasteiger partial charge on any atom is -0.449 e. The molecule has 2 aromatic carbocycles. The lowest BCUT2D eigenvalue weighted by Gasteiger charge is -2.32. The van der Waals surface area contributed by atoms with E-state index in [0.717, 1.165) is 38.8 Å². The molecule has 0 radical (unpaired) electrons. The molecular weight excluding hydrogens is 371 g/mol. The summed E-state index contributed by atoms with van der Waals surface area (Å²) in [6.45, 7) is 1.38. The van der Waals surface area contributed by atoms with Crippen molar-refractivity contribution in [3.05, 3.63) is 65.7 Å². The number of para-hydroxylation sites is 2. The number of halogens is 1. The maximum Gasteiger partial charge on any atom is 0.294 e. The molecule has 2 amide bonds. The summed E-state index contributed by atoms with van der Waals surface area (Å²) in [4.78, 5) is 29.3. The molecule has 150 valence electrons. The highest BCUT2D eigenvalue weighted by atomic mass is 19.1. The molecule has 0 aromatic heterocycles. The van der Waals surface area contributed by atoms with E-state index in [2.05, 4.69) is 0 Å². The molecule has 4 rings (SSSR count). The van der Waals surface area contributed by atoms with Crippen molar-refractivity contribution < 1.29 is 18.7 Å². The number of amides is 2. The molecule has 0 spiro atoms. The topological polar surface area (TPSA) is 49.9 Å². The van der Waals surface area contributed by atoms with E-state index in [9.17, 15) is 14.0 Å². The van der Waals surface area contributed by atoms with Gasteiger partial charge in [0, 0.05) is 18.7 Å². The summed E-state index contributed by atoms with van der Waals surface area (Å²) >= 11 is 0. The molecule has 2 aromatic rings. The molecule has 0 saturated carbocycles. The Morgan fingerprint density at radius 1 is 1.00 bits per heavy atom. The highest BCUT2D eigenvalue weighted by molar-refractivity contribution is 6.12. The van der Waals surface area contributed by atoms with Crippen LogP contribution in [0.15, 0.2) is 54.3 Å². The molecule has 2 aliphatic heterocycles. The van der Waals surface area contributed by atoms with Gasteiger partial charge in [0.25, 0.3) is 5.91 Å². The Morgan fingerprint density at radius 2 is 1.69 bits per heavy atom. The van der Waals surface area contributed by atoms with Crippen LogP contribution in [-0.4, -0.2) is 36.3 Å². The Morgan fingerprint density at radius 3 is 2.45 bits per heavy atom. The normalized spacial score (nSPS) is 18.2. The monoisotopic (exact) mass is 394 g/mol. The SMILES string of the molecule is O=C(CN1C(=O)/C(=C/c2ccccc2F)Oc2ccccc21)N1CCCCCC1. The van der Waals surface area contributed by atoms with Crippen LogP contribution in [0.1, 0.15) is 31.2 Å². The summed E-state index contributed by atoms with van der Waals surface area (Å²) in [5.41, 5.74) is 0.806. The van der Waals surface area contributed by atoms with Gasteiger partial charge in [-0.15, -0.1) is 0 Å². The zero-order chi connectivity index (χ0) is 20.2. The molecule has 0 unspecified atom stereocenters. The van der Waals surface area contributed by atoms with Crippen molar-refractivity contribution in [2.24, 2.45) is 0 Å². The number of anilines is 1. The number of rotatable bonds is 3. The second-order valence-corrected chi connectivity index (χ2v) is 7.29. The van der Waals surface area contributed by atoms with Crippen LogP contribution >= 0.6 is 0 Å². The van der Waals surface area contributed by atoms with Crippen molar-refractivity contribution in [1.82, 2.24) is 4.90 Å². The molecule has 0 atom stereocenters. The van der Waals surface area contributed by atoms with E-state index in [1.54, 1.807) is 42.5 Å². The molecule has 1 saturated heterocycles. The van der Waals surface area contributed by atoms with Crippen molar-refractivity contribution >= 4 is 23.6 Å². The van der Waals surface area contributed by atoms with Crippen LogP contribution in [0.4, 0.5) is 10.1 Å². The predicted molar refractivity (Wildman–Crippen MR) is 109 cm³/mol. The quantitative estimate of drug-likeness (QED) is 0.740. The van der Waals surface area contributed by atoms with Gasteiger partial charge in [0.05, 0.1) is 5.69 Å². The largest absolute Gasteiger partial charge is 0.449 e. The third kappa shape index (κ3) is 4.16. The number of ether oxygens (including phenoxy) is 1. The third-order valence-electron chi connectivity index (χ3n) is 5.28. The van der Waals surface area contributed by atoms with E-state index in [0.29, 0.717) is 11.4 Å². The van der Waals surface area contributed by atoms with E-state index >= 15 is 0 Å². The predicted octanol–water partition coefficient (Wildman–Crippen LogP) is 3.99. The summed E-state index contributed by atoms with van der Waals surface area (Å²) in [7, 11) is 0. The van der Waals surface area contributed by atoms with Crippen LogP contribution in [0.3, 0.4) is 0 Å². The lowest BCUT2D eigenvalue weighted by atomic mass is 10.1. The summed E-state index contributed by atoms with van der Waals surface area (Å²) in [6.07, 6.45) is 5.60. The van der Waals surface area contributed by atoms with Gasteiger partial charge < -0.3 is 9.64 Å². The Labute approximate surface area is 169 Å². The second-order valence-electron chi connectivity index (χ2n) is 7.29. The number of likely N-dealkylation sites (tertiary alicyclic amines) is 1. The van der Waals surface area contributed by atoms with Crippen molar-refractivity contribution in [3.63, 3.8) is 0 Å². The lowest BCUT2D eigenvalue weighted by Crippen LogP contribution is -2.46. The second kappa shape index (κ2) is 8.47. The van der Waals surface area contributed by atoms with Gasteiger partial charge in [0.15, 0.2) is 11.5 Å². The van der Waals surface area contributed by atoms with Crippen molar-refractivity contribution in [3.8, 4) is 5.75 Å². The van der Waals surface area contributed by atoms with Crippen molar-refractivity contribution in [1.29, 1.82) is 0 Å². The van der Waals surface area contributed by atoms with Gasteiger partial charge in [-0.3, -0.25) is 14.5 Å². The van der Waals surface area contributed by atoms with Gasteiger partial charge >= 0.3 is 0 Å². The minimum absolute atomic E-state index is 0.00235. The van der Waals surface area contributed by atoms with E-state index in [1.165, 1.54) is 17.0 Å². The molecule has 6 heteroatoms. The standard InChI is InChI=1S/C23H23FN2O3/c24-18-10-4-3-9-17(18)15-21-23(28)26(19-11-5-6-12-20(19)29-21)16-22(27)25-13-7-1-2-8-14-25/h3-6,9-12,15H,1-2,7-8,13-14,16H2/b21-15-. The molecule has 29 heavy (non-hydrogen) atoms. The molecule has 0 bridgehead atoms. The Bertz CT molecular complexity index is 949. The number of nitrogens with zero attached hydrogens (tertiary/aromatic N) is 2. The zero-order valence-electron chi connectivity index (χ0n) is 16.1. The zero-order valence-corrected chi connectivity index (χ0v) is 16.1. The van der Waals surface area contributed by atoms with Crippen LogP contribution in [0.5, 0.6) is 5.75 Å². The van der Waals surface area contributed by atoms with Crippen molar-refractivity contribution in [2.75, 3.05) is 24.5 Å². The van der Waals surface area contributed by atoms with Gasteiger partial charge in [0.1, 0.15) is 12.4 Å². The first-order valence-electron chi connectivity index (χ1n) is 9.96. The first kappa shape index (κ1) is 19.2. The fourth-order valence-electron chi connectivity index (χ4n) is 3.71. The molecule has 2 heterocycles. The smallest absolute Gasteiger partial charge is 0.294 e. The number of benzene rings is 2. The van der Waals surface area contributed by atoms with Crippen LogP contribution < -0.4 is 9.64 Å². The third-order valence-corrected chi connectivity index (χ3v) is 5.28. The van der Waals surface area contributed by atoms with Crippen LogP contribution in [-0.2, 0) is 9.59 Å². The maximum atomic E-state index is 14.1. The fraction of sp³-hybridized carbons (Fsp3) is 0.304. The van der Waals surface area contributed by atoms with Gasteiger partial charge in [-0.05, 0) is 37.1 Å². The van der Waals surface area contributed by atoms with Crippen LogP contribution in [0.25, 0.3) is 6.08 Å². The number of carbonyl (C=O) groups is 2. The van der Waals surface area contributed by atoms with Gasteiger partial charge in [0.2, 0.25) is 5.91 Å². The summed E-state index contributed by atoms with van der Waals surface area (Å²) < 4.78 is 19.8. The van der Waals surface area contributed by atoms with E-state index in [1.807, 2.05) is 4.90 Å². The van der Waals surface area contributed by atoms with Crippen molar-refractivity contribution in [2.45, 2.75) is 25.7 Å². The number of hydrogen-bond acceptors (Lipinski definition) is 3. The maximum absolute atomic E-state index is 14.1. The highest BCUT2D eigenvalue weighted by Gasteiger charge is 2.32. The van der Waals surface area contributed by atoms with E-state index < -0.39 is 11.7 Å². The minimum atomic E-state index is -0.449. The molecule has 0 aliphatic carbocycles. The summed E-state index contributed by atoms with van der Waals surface area (Å²) in [5, 5.41) is 0. The average molecular weight is 394 g/mol. The average Bonchev–Trinajstić information content (AvgIpc) is 3.02. The lowest BCUT2D eigenvalue weighted by molar-refractivity contribution is -0.131. The number of hydrogen-bond donors (Lipinski definition) is 0. The van der Waals surface area contributed by atoms with Gasteiger partial charge in [-0.25, -0.2) is 4.39 Å². The Balaban J connectivity index is 1.64. The van der Waals surface area contributed by atoms with Crippen LogP contribution in [0.2, 0.25) is 0 Å². The molecule has 1 fully saturated rings. The first-order chi connectivity index (χ1) is 14.1. The fourth-order valence-corrected chi connectivity index (χ4v) is 3.71. The van der Waals surface area contributed by atoms with Crippen LogP contribution in [0, 0.1) is 5.82 Å². The van der Waals surface area contributed by atoms with Gasteiger partial charge in [-0.2, -0.15) is 0 Å². The van der Waals surface area contributed by atoms with E-state index in [-0.39, 0.29) is 23.8 Å². The van der Waals surface area contributed by atoms with E-state index in [4.69, 9.17) is 4.74 Å².